The van der Waals surface area contributed by atoms with Gasteiger partial charge in [0.25, 0.3) is 5.91 Å². The van der Waals surface area contributed by atoms with Crippen molar-refractivity contribution in [1.82, 2.24) is 30.2 Å². The number of nitrogens with one attached hydrogen (secondary N) is 1. The number of thioether (sulfide) groups is 1. The van der Waals surface area contributed by atoms with Crippen LogP contribution in [0.2, 0.25) is 5.02 Å². The van der Waals surface area contributed by atoms with E-state index in [0.717, 1.165) is 40.9 Å². The third-order valence-electron chi connectivity index (χ3n) is 5.96. The summed E-state index contributed by atoms with van der Waals surface area (Å²) in [6.45, 7) is 6.62. The Kier molecular flexibility index (Phi) is 6.92. The number of fused-ring (bicyclic) bond motifs is 1. The van der Waals surface area contributed by atoms with E-state index in [-0.39, 0.29) is 5.91 Å². The molecule has 11 heteroatoms. The second-order valence-electron chi connectivity index (χ2n) is 8.26. The summed E-state index contributed by atoms with van der Waals surface area (Å²) in [4.78, 5) is 24.9. The SMILES string of the molecule is CCSc1nc(N2CCCC2)c2cnn(CCNC(=O)c3c(-c4ccccc4Cl)noc3C)c2n1. The van der Waals surface area contributed by atoms with Crippen LogP contribution in [-0.4, -0.2) is 56.2 Å². The molecule has 0 atom stereocenters. The Morgan fingerprint density at radius 2 is 2.03 bits per heavy atom. The zero-order valence-corrected chi connectivity index (χ0v) is 21.2. The average molecular weight is 512 g/mol. The van der Waals surface area contributed by atoms with Crippen molar-refractivity contribution in [3.63, 3.8) is 0 Å². The van der Waals surface area contributed by atoms with Gasteiger partial charge in [0.1, 0.15) is 22.8 Å². The minimum Gasteiger partial charge on any atom is -0.360 e. The number of benzene rings is 1. The molecular weight excluding hydrogens is 486 g/mol. The van der Waals surface area contributed by atoms with E-state index in [1.54, 1.807) is 24.8 Å². The molecule has 182 valence electrons. The van der Waals surface area contributed by atoms with Crippen molar-refractivity contribution in [2.24, 2.45) is 0 Å². The van der Waals surface area contributed by atoms with E-state index in [1.807, 2.05) is 29.1 Å². The quantitative estimate of drug-likeness (QED) is 0.271. The maximum Gasteiger partial charge on any atom is 0.257 e. The smallest absolute Gasteiger partial charge is 0.257 e. The Morgan fingerprint density at radius 1 is 1.23 bits per heavy atom. The van der Waals surface area contributed by atoms with E-state index < -0.39 is 0 Å². The molecule has 4 heterocycles. The lowest BCUT2D eigenvalue weighted by Crippen LogP contribution is -2.28. The van der Waals surface area contributed by atoms with Gasteiger partial charge in [0.05, 0.1) is 23.2 Å². The number of carbonyl (C=O) groups excluding carboxylic acids is 1. The zero-order chi connectivity index (χ0) is 24.4. The van der Waals surface area contributed by atoms with E-state index >= 15 is 0 Å². The number of anilines is 1. The Hall–Kier alpha value is -3.11. The summed E-state index contributed by atoms with van der Waals surface area (Å²) in [7, 11) is 0. The van der Waals surface area contributed by atoms with E-state index in [0.29, 0.717) is 40.7 Å². The number of aryl methyl sites for hydroxylation is 1. The number of hydrogen-bond donors (Lipinski definition) is 1. The van der Waals surface area contributed by atoms with Crippen LogP contribution in [0.5, 0.6) is 0 Å². The Labute approximate surface area is 212 Å². The molecule has 1 N–H and O–H groups in total. The van der Waals surface area contributed by atoms with Crippen molar-refractivity contribution in [3.05, 3.63) is 46.8 Å². The molecule has 1 amide bonds. The van der Waals surface area contributed by atoms with Crippen LogP contribution in [0.25, 0.3) is 22.3 Å². The maximum atomic E-state index is 13.1. The summed E-state index contributed by atoms with van der Waals surface area (Å²) < 4.78 is 7.15. The second kappa shape index (κ2) is 10.2. The van der Waals surface area contributed by atoms with Crippen LogP contribution in [0.4, 0.5) is 5.82 Å². The predicted octanol–water partition coefficient (Wildman–Crippen LogP) is 4.59. The second-order valence-corrected chi connectivity index (χ2v) is 9.90. The van der Waals surface area contributed by atoms with Crippen LogP contribution in [0.15, 0.2) is 40.1 Å². The highest BCUT2D eigenvalue weighted by Crippen LogP contribution is 2.31. The van der Waals surface area contributed by atoms with Crippen molar-refractivity contribution in [2.75, 3.05) is 30.3 Å². The van der Waals surface area contributed by atoms with Crippen molar-refractivity contribution in [3.8, 4) is 11.3 Å². The van der Waals surface area contributed by atoms with Gasteiger partial charge < -0.3 is 14.7 Å². The maximum absolute atomic E-state index is 13.1. The number of amides is 1. The van der Waals surface area contributed by atoms with E-state index in [4.69, 9.17) is 26.1 Å². The molecule has 1 aliphatic rings. The number of aromatic nitrogens is 5. The van der Waals surface area contributed by atoms with Gasteiger partial charge in [-0.25, -0.2) is 14.6 Å². The zero-order valence-electron chi connectivity index (χ0n) is 19.6. The predicted molar refractivity (Wildman–Crippen MR) is 137 cm³/mol. The first-order valence-corrected chi connectivity index (χ1v) is 13.0. The van der Waals surface area contributed by atoms with Crippen LogP contribution in [0.3, 0.4) is 0 Å². The van der Waals surface area contributed by atoms with Crippen LogP contribution in [-0.2, 0) is 6.54 Å². The summed E-state index contributed by atoms with van der Waals surface area (Å²) in [6.07, 6.45) is 4.16. The number of carbonyl (C=O) groups is 1. The fraction of sp³-hybridized carbons (Fsp3) is 0.375. The van der Waals surface area contributed by atoms with E-state index in [2.05, 4.69) is 27.4 Å². The van der Waals surface area contributed by atoms with Crippen LogP contribution in [0, 0.1) is 6.92 Å². The minimum absolute atomic E-state index is 0.273. The molecule has 9 nitrogen and oxygen atoms in total. The highest BCUT2D eigenvalue weighted by molar-refractivity contribution is 7.99. The summed E-state index contributed by atoms with van der Waals surface area (Å²) >= 11 is 7.94. The summed E-state index contributed by atoms with van der Waals surface area (Å²) in [6, 6.07) is 7.25. The van der Waals surface area contributed by atoms with Gasteiger partial charge in [0.15, 0.2) is 10.8 Å². The third kappa shape index (κ3) is 4.72. The highest BCUT2D eigenvalue weighted by Gasteiger charge is 2.24. The summed E-state index contributed by atoms with van der Waals surface area (Å²) in [5, 5.41) is 13.8. The van der Waals surface area contributed by atoms with Gasteiger partial charge in [-0.3, -0.25) is 4.79 Å². The van der Waals surface area contributed by atoms with Gasteiger partial charge in [-0.15, -0.1) is 0 Å². The first kappa shape index (κ1) is 23.6. The summed E-state index contributed by atoms with van der Waals surface area (Å²) in [5.74, 6) is 2.00. The molecule has 3 aromatic heterocycles. The van der Waals surface area contributed by atoms with Crippen LogP contribution >= 0.6 is 23.4 Å². The average Bonchev–Trinajstić information content (AvgIpc) is 3.60. The van der Waals surface area contributed by atoms with Crippen LogP contribution < -0.4 is 10.2 Å². The largest absolute Gasteiger partial charge is 0.360 e. The molecule has 0 unspecified atom stereocenters. The molecule has 35 heavy (non-hydrogen) atoms. The number of nitrogens with zero attached hydrogens (tertiary/aromatic N) is 6. The molecule has 4 aromatic rings. The minimum atomic E-state index is -0.273. The lowest BCUT2D eigenvalue weighted by atomic mass is 10.1. The molecule has 1 fully saturated rings. The Bertz CT molecular complexity index is 1360. The van der Waals surface area contributed by atoms with Crippen molar-refractivity contribution < 1.29 is 9.32 Å². The Morgan fingerprint density at radius 3 is 2.80 bits per heavy atom. The van der Waals surface area contributed by atoms with Crippen molar-refractivity contribution >= 4 is 46.1 Å². The van der Waals surface area contributed by atoms with Gasteiger partial charge in [-0.1, -0.05) is 53.6 Å². The van der Waals surface area contributed by atoms with Gasteiger partial charge in [0, 0.05) is 25.2 Å². The van der Waals surface area contributed by atoms with Crippen molar-refractivity contribution in [2.45, 2.75) is 38.4 Å². The standard InChI is InChI=1S/C24H26ClN7O2S/c1-3-35-24-28-21(31-11-6-7-12-31)17-14-27-32(22(17)29-24)13-10-26-23(33)19-15(2)34-30-20(19)16-8-4-5-9-18(16)25/h4-5,8-9,14H,3,6-7,10-13H2,1-2H3,(H,26,33). The first-order chi connectivity index (χ1) is 17.1. The van der Waals surface area contributed by atoms with E-state index in [9.17, 15) is 4.79 Å². The number of rotatable bonds is 8. The normalized spacial score (nSPS) is 13.6. The monoisotopic (exact) mass is 511 g/mol. The van der Waals surface area contributed by atoms with Gasteiger partial charge in [-0.05, 0) is 31.6 Å². The molecule has 0 bridgehead atoms. The molecule has 1 aliphatic heterocycles. The van der Waals surface area contributed by atoms with Crippen LogP contribution in [0.1, 0.15) is 35.9 Å². The molecule has 1 aromatic carbocycles. The first-order valence-electron chi connectivity index (χ1n) is 11.7. The summed E-state index contributed by atoms with van der Waals surface area (Å²) in [5.41, 5.74) is 2.24. The third-order valence-corrected chi connectivity index (χ3v) is 7.02. The van der Waals surface area contributed by atoms with Gasteiger partial charge in [-0.2, -0.15) is 5.10 Å². The Balaban J connectivity index is 1.35. The highest BCUT2D eigenvalue weighted by atomic mass is 35.5. The van der Waals surface area contributed by atoms with Gasteiger partial charge >= 0.3 is 0 Å². The molecule has 1 saturated heterocycles. The van der Waals surface area contributed by atoms with Crippen molar-refractivity contribution in [1.29, 1.82) is 0 Å². The molecule has 0 saturated carbocycles. The number of halogens is 1. The molecule has 0 spiro atoms. The fourth-order valence-electron chi connectivity index (χ4n) is 4.29. The van der Waals surface area contributed by atoms with E-state index in [1.165, 1.54) is 12.8 Å². The topological polar surface area (TPSA) is 102 Å². The molecule has 0 radical (unpaired) electrons. The molecule has 0 aliphatic carbocycles. The lowest BCUT2D eigenvalue weighted by molar-refractivity contribution is 0.0951. The fourth-order valence-corrected chi connectivity index (χ4v) is 5.07. The lowest BCUT2D eigenvalue weighted by Gasteiger charge is -2.17. The molecule has 5 rings (SSSR count). The molecular formula is C24H26ClN7O2S. The van der Waals surface area contributed by atoms with Gasteiger partial charge in [0.2, 0.25) is 0 Å². The number of hydrogen-bond acceptors (Lipinski definition) is 8.